The Kier molecular flexibility index (Phi) is 2.61. The van der Waals surface area contributed by atoms with Gasteiger partial charge in [0, 0.05) is 9.64 Å². The van der Waals surface area contributed by atoms with Crippen LogP contribution in [-0.4, -0.2) is 9.91 Å². The number of aromatic nitrogens is 1. The summed E-state index contributed by atoms with van der Waals surface area (Å²) < 4.78 is 0.824. The molecule has 0 N–H and O–H groups in total. The third-order valence-corrected chi connectivity index (χ3v) is 2.60. The fraction of sp³-hybridized carbons (Fsp3) is 0.286. The Morgan fingerprint density at radius 2 is 2.08 bits per heavy atom. The van der Waals surface area contributed by atoms with Crippen LogP contribution in [0.5, 0.6) is 0 Å². The third-order valence-electron chi connectivity index (χ3n) is 1.51. The SMILES string of the molecule is Cc1nc(C)c([N+](=O)[O-])cc1I. The molecule has 0 aliphatic heterocycles. The predicted molar refractivity (Wildman–Crippen MR) is 53.1 cm³/mol. The summed E-state index contributed by atoms with van der Waals surface area (Å²) in [5.74, 6) is 0. The molecule has 0 atom stereocenters. The summed E-state index contributed by atoms with van der Waals surface area (Å²) >= 11 is 2.03. The lowest BCUT2D eigenvalue weighted by molar-refractivity contribution is -0.385. The molecule has 0 aliphatic carbocycles. The van der Waals surface area contributed by atoms with Crippen molar-refractivity contribution in [3.05, 3.63) is 31.1 Å². The molecule has 1 aromatic heterocycles. The maximum absolute atomic E-state index is 10.4. The van der Waals surface area contributed by atoms with E-state index < -0.39 is 4.92 Å². The number of halogens is 1. The number of pyridine rings is 1. The van der Waals surface area contributed by atoms with E-state index in [1.165, 1.54) is 6.07 Å². The highest BCUT2D eigenvalue weighted by Gasteiger charge is 2.13. The van der Waals surface area contributed by atoms with Crippen LogP contribution in [0.1, 0.15) is 11.4 Å². The molecule has 5 heteroatoms. The highest BCUT2D eigenvalue weighted by atomic mass is 127. The smallest absolute Gasteiger partial charge is 0.258 e. The van der Waals surface area contributed by atoms with Crippen molar-refractivity contribution >= 4 is 28.3 Å². The lowest BCUT2D eigenvalue weighted by atomic mass is 10.3. The first-order valence-corrected chi connectivity index (χ1v) is 4.38. The van der Waals surface area contributed by atoms with E-state index in [-0.39, 0.29) is 5.69 Å². The van der Waals surface area contributed by atoms with Gasteiger partial charge in [-0.25, -0.2) is 0 Å². The Morgan fingerprint density at radius 1 is 1.50 bits per heavy atom. The Hall–Kier alpha value is -0.720. The van der Waals surface area contributed by atoms with Crippen molar-refractivity contribution in [1.82, 2.24) is 4.98 Å². The summed E-state index contributed by atoms with van der Waals surface area (Å²) in [7, 11) is 0. The van der Waals surface area contributed by atoms with Gasteiger partial charge in [-0.15, -0.1) is 0 Å². The molecular formula is C7H7IN2O2. The van der Waals surface area contributed by atoms with Gasteiger partial charge in [0.25, 0.3) is 5.69 Å². The summed E-state index contributed by atoms with van der Waals surface area (Å²) in [4.78, 5) is 14.1. The summed E-state index contributed by atoms with van der Waals surface area (Å²) in [6, 6.07) is 1.54. The maximum Gasteiger partial charge on any atom is 0.291 e. The van der Waals surface area contributed by atoms with Crippen LogP contribution in [0.2, 0.25) is 0 Å². The van der Waals surface area contributed by atoms with E-state index in [1.807, 2.05) is 29.5 Å². The molecule has 0 radical (unpaired) electrons. The van der Waals surface area contributed by atoms with Gasteiger partial charge in [-0.1, -0.05) is 0 Å². The zero-order chi connectivity index (χ0) is 9.30. The zero-order valence-corrected chi connectivity index (χ0v) is 8.82. The van der Waals surface area contributed by atoms with Gasteiger partial charge < -0.3 is 0 Å². The van der Waals surface area contributed by atoms with Crippen molar-refractivity contribution in [1.29, 1.82) is 0 Å². The van der Waals surface area contributed by atoms with E-state index >= 15 is 0 Å². The molecule has 0 amide bonds. The minimum atomic E-state index is -0.413. The van der Waals surface area contributed by atoms with Gasteiger partial charge in [-0.3, -0.25) is 15.1 Å². The van der Waals surface area contributed by atoms with Gasteiger partial charge >= 0.3 is 0 Å². The van der Waals surface area contributed by atoms with Crippen molar-refractivity contribution in [2.75, 3.05) is 0 Å². The number of hydrogen-bond donors (Lipinski definition) is 0. The molecule has 0 fully saturated rings. The van der Waals surface area contributed by atoms with E-state index in [1.54, 1.807) is 6.92 Å². The highest BCUT2D eigenvalue weighted by Crippen LogP contribution is 2.20. The van der Waals surface area contributed by atoms with Gasteiger partial charge in [0.05, 0.1) is 10.6 Å². The number of aryl methyl sites for hydroxylation is 2. The summed E-state index contributed by atoms with van der Waals surface area (Å²) in [5, 5.41) is 10.4. The molecule has 12 heavy (non-hydrogen) atoms. The molecular weight excluding hydrogens is 271 g/mol. The average molecular weight is 278 g/mol. The van der Waals surface area contributed by atoms with Crippen LogP contribution >= 0.6 is 22.6 Å². The Balaban J connectivity index is 3.33. The minimum Gasteiger partial charge on any atom is -0.258 e. The molecule has 0 saturated carbocycles. The largest absolute Gasteiger partial charge is 0.291 e. The van der Waals surface area contributed by atoms with Gasteiger partial charge in [-0.2, -0.15) is 0 Å². The van der Waals surface area contributed by atoms with E-state index in [4.69, 9.17) is 0 Å². The third kappa shape index (κ3) is 1.71. The fourth-order valence-corrected chi connectivity index (χ4v) is 1.29. The molecule has 1 rings (SSSR count). The summed E-state index contributed by atoms with van der Waals surface area (Å²) in [6.07, 6.45) is 0. The average Bonchev–Trinajstić information content (AvgIpc) is 1.96. The van der Waals surface area contributed by atoms with Gasteiger partial charge in [0.15, 0.2) is 0 Å². The molecule has 1 aromatic rings. The fourth-order valence-electron chi connectivity index (χ4n) is 0.876. The number of nitro groups is 1. The van der Waals surface area contributed by atoms with E-state index in [0.29, 0.717) is 5.69 Å². The van der Waals surface area contributed by atoms with Gasteiger partial charge in [0.1, 0.15) is 5.69 Å². The predicted octanol–water partition coefficient (Wildman–Crippen LogP) is 2.21. The van der Waals surface area contributed by atoms with Crippen LogP contribution in [0.3, 0.4) is 0 Å². The molecule has 4 nitrogen and oxygen atoms in total. The van der Waals surface area contributed by atoms with Crippen molar-refractivity contribution in [2.45, 2.75) is 13.8 Å². The van der Waals surface area contributed by atoms with E-state index in [9.17, 15) is 10.1 Å². The maximum atomic E-state index is 10.4. The number of hydrogen-bond acceptors (Lipinski definition) is 3. The van der Waals surface area contributed by atoms with Crippen LogP contribution in [0.4, 0.5) is 5.69 Å². The first kappa shape index (κ1) is 9.37. The summed E-state index contributed by atoms with van der Waals surface area (Å²) in [5.41, 5.74) is 1.39. The van der Waals surface area contributed by atoms with Crippen LogP contribution in [0, 0.1) is 27.5 Å². The summed E-state index contributed by atoms with van der Waals surface area (Å²) in [6.45, 7) is 3.47. The van der Waals surface area contributed by atoms with Gasteiger partial charge in [0.2, 0.25) is 0 Å². The first-order valence-electron chi connectivity index (χ1n) is 3.30. The Labute approximate surface area is 83.3 Å². The van der Waals surface area contributed by atoms with Gasteiger partial charge in [-0.05, 0) is 36.4 Å². The normalized spacial score (nSPS) is 9.92. The second-order valence-electron chi connectivity index (χ2n) is 2.42. The molecule has 0 aromatic carbocycles. The molecule has 0 aliphatic rings. The lowest BCUT2D eigenvalue weighted by Crippen LogP contribution is -1.97. The van der Waals surface area contributed by atoms with Crippen molar-refractivity contribution in [2.24, 2.45) is 0 Å². The lowest BCUT2D eigenvalue weighted by Gasteiger charge is -1.99. The van der Waals surface area contributed by atoms with E-state index in [2.05, 4.69) is 4.98 Å². The highest BCUT2D eigenvalue weighted by molar-refractivity contribution is 14.1. The molecule has 0 unspecified atom stereocenters. The molecule has 0 saturated heterocycles. The van der Waals surface area contributed by atoms with E-state index in [0.717, 1.165) is 9.26 Å². The monoisotopic (exact) mass is 278 g/mol. The molecule has 64 valence electrons. The minimum absolute atomic E-state index is 0.0880. The van der Waals surface area contributed by atoms with Crippen LogP contribution in [-0.2, 0) is 0 Å². The quantitative estimate of drug-likeness (QED) is 0.449. The first-order chi connectivity index (χ1) is 5.52. The Morgan fingerprint density at radius 3 is 2.58 bits per heavy atom. The number of rotatable bonds is 1. The van der Waals surface area contributed by atoms with Crippen molar-refractivity contribution in [3.63, 3.8) is 0 Å². The standard InChI is InChI=1S/C7H7IN2O2/c1-4-6(8)3-7(10(11)12)5(2)9-4/h3H,1-2H3. The zero-order valence-electron chi connectivity index (χ0n) is 6.67. The van der Waals surface area contributed by atoms with Crippen LogP contribution < -0.4 is 0 Å². The van der Waals surface area contributed by atoms with Crippen molar-refractivity contribution in [3.8, 4) is 0 Å². The van der Waals surface area contributed by atoms with Crippen LogP contribution in [0.15, 0.2) is 6.07 Å². The Bertz CT molecular complexity index is 338. The number of nitrogens with zero attached hydrogens (tertiary/aromatic N) is 2. The van der Waals surface area contributed by atoms with Crippen molar-refractivity contribution < 1.29 is 4.92 Å². The topological polar surface area (TPSA) is 56.0 Å². The molecule has 0 bridgehead atoms. The second-order valence-corrected chi connectivity index (χ2v) is 3.58. The molecule has 1 heterocycles. The molecule has 0 spiro atoms. The van der Waals surface area contributed by atoms with Crippen LogP contribution in [0.25, 0.3) is 0 Å². The second kappa shape index (κ2) is 3.34.